The van der Waals surface area contributed by atoms with Crippen LogP contribution < -0.4 is 10.1 Å². The number of thioether (sulfide) groups is 1. The lowest BCUT2D eigenvalue weighted by Gasteiger charge is -2.11. The quantitative estimate of drug-likeness (QED) is 0.383. The summed E-state index contributed by atoms with van der Waals surface area (Å²) in [5.41, 5.74) is 0.436. The maximum absolute atomic E-state index is 12.3. The number of hydrogen-bond acceptors (Lipinski definition) is 5. The second-order valence-corrected chi connectivity index (χ2v) is 7.40. The van der Waals surface area contributed by atoms with Crippen LogP contribution in [-0.2, 0) is 9.53 Å². The highest BCUT2D eigenvalue weighted by molar-refractivity contribution is 8.00. The molecule has 0 heterocycles. The third-order valence-corrected chi connectivity index (χ3v) is 4.64. The Bertz CT molecular complexity index is 765. The summed E-state index contributed by atoms with van der Waals surface area (Å²) in [6.07, 6.45) is 0. The van der Waals surface area contributed by atoms with E-state index in [1.807, 2.05) is 19.9 Å². The molecule has 0 atom stereocenters. The van der Waals surface area contributed by atoms with Crippen LogP contribution in [0.2, 0.25) is 5.02 Å². The summed E-state index contributed by atoms with van der Waals surface area (Å²) in [4.78, 5) is 24.8. The third-order valence-electron chi connectivity index (χ3n) is 3.31. The number of halogens is 1. The van der Waals surface area contributed by atoms with Crippen molar-refractivity contribution in [3.63, 3.8) is 0 Å². The number of rotatable bonds is 9. The minimum Gasteiger partial charge on any atom is -0.490 e. The van der Waals surface area contributed by atoms with Crippen molar-refractivity contribution in [3.8, 4) is 5.75 Å². The van der Waals surface area contributed by atoms with Crippen molar-refractivity contribution in [1.29, 1.82) is 0 Å². The summed E-state index contributed by atoms with van der Waals surface area (Å²) in [7, 11) is 0. The number of hydrogen-bond donors (Lipinski definition) is 1. The highest BCUT2D eigenvalue weighted by atomic mass is 35.5. The van der Waals surface area contributed by atoms with E-state index in [-0.39, 0.29) is 30.9 Å². The van der Waals surface area contributed by atoms with Gasteiger partial charge in [-0.2, -0.15) is 0 Å². The first-order chi connectivity index (χ1) is 13.0. The molecule has 2 aromatic rings. The number of carbonyl (C=O) groups excluding carboxylic acids is 2. The van der Waals surface area contributed by atoms with Crippen LogP contribution in [0, 0.1) is 0 Å². The maximum Gasteiger partial charge on any atom is 0.339 e. The average Bonchev–Trinajstić information content (AvgIpc) is 2.64. The monoisotopic (exact) mass is 407 g/mol. The zero-order valence-corrected chi connectivity index (χ0v) is 16.8. The Balaban J connectivity index is 1.83. The van der Waals surface area contributed by atoms with Crippen LogP contribution in [0.4, 0.5) is 0 Å². The van der Waals surface area contributed by atoms with Gasteiger partial charge in [0.25, 0.3) is 0 Å². The minimum atomic E-state index is -0.443. The summed E-state index contributed by atoms with van der Waals surface area (Å²) in [5, 5.41) is 3.45. The van der Waals surface area contributed by atoms with Gasteiger partial charge in [0.1, 0.15) is 19.0 Å². The molecule has 0 saturated heterocycles. The first-order valence-electron chi connectivity index (χ1n) is 8.52. The summed E-state index contributed by atoms with van der Waals surface area (Å²) in [6.45, 7) is 4.16. The molecule has 0 aliphatic carbocycles. The van der Waals surface area contributed by atoms with Crippen molar-refractivity contribution >= 4 is 35.2 Å². The van der Waals surface area contributed by atoms with Crippen LogP contribution in [-0.4, -0.2) is 36.9 Å². The fourth-order valence-electron chi connectivity index (χ4n) is 2.17. The van der Waals surface area contributed by atoms with Gasteiger partial charge >= 0.3 is 5.97 Å². The molecule has 27 heavy (non-hydrogen) atoms. The van der Waals surface area contributed by atoms with Gasteiger partial charge in [0.05, 0.1) is 11.3 Å². The number of carbonyl (C=O) groups is 2. The van der Waals surface area contributed by atoms with Crippen molar-refractivity contribution in [1.82, 2.24) is 5.32 Å². The maximum atomic E-state index is 12.3. The lowest BCUT2D eigenvalue weighted by molar-refractivity contribution is -0.119. The molecule has 144 valence electrons. The fraction of sp³-hybridized carbons (Fsp3) is 0.300. The predicted octanol–water partition coefficient (Wildman–Crippen LogP) is 4.19. The molecule has 0 fully saturated rings. The Kier molecular flexibility index (Phi) is 8.48. The van der Waals surface area contributed by atoms with Crippen LogP contribution >= 0.6 is 23.4 Å². The van der Waals surface area contributed by atoms with Crippen LogP contribution in [0.5, 0.6) is 5.75 Å². The van der Waals surface area contributed by atoms with Gasteiger partial charge in [-0.25, -0.2) is 4.79 Å². The van der Waals surface area contributed by atoms with Gasteiger partial charge in [-0.15, -0.1) is 11.8 Å². The van der Waals surface area contributed by atoms with E-state index in [0.29, 0.717) is 21.2 Å². The topological polar surface area (TPSA) is 64.6 Å². The Morgan fingerprint density at radius 3 is 2.48 bits per heavy atom. The molecule has 0 aromatic heterocycles. The largest absolute Gasteiger partial charge is 0.490 e. The second kappa shape index (κ2) is 10.8. The Morgan fingerprint density at radius 1 is 1.07 bits per heavy atom. The lowest BCUT2D eigenvalue weighted by atomic mass is 10.2. The van der Waals surface area contributed by atoms with E-state index < -0.39 is 5.97 Å². The zero-order valence-electron chi connectivity index (χ0n) is 15.2. The van der Waals surface area contributed by atoms with Gasteiger partial charge < -0.3 is 14.8 Å². The van der Waals surface area contributed by atoms with E-state index >= 15 is 0 Å². The molecule has 0 radical (unpaired) electrons. The molecule has 2 aromatic carbocycles. The molecule has 5 nitrogen and oxygen atoms in total. The summed E-state index contributed by atoms with van der Waals surface area (Å²) in [6, 6.07) is 14.1. The molecule has 1 amide bonds. The molecule has 1 N–H and O–H groups in total. The summed E-state index contributed by atoms with van der Waals surface area (Å²) in [5.74, 6) is 0.376. The van der Waals surface area contributed by atoms with Gasteiger partial charge in [0, 0.05) is 16.0 Å². The number of benzene rings is 2. The van der Waals surface area contributed by atoms with E-state index in [1.54, 1.807) is 42.5 Å². The Labute approximate surface area is 168 Å². The first-order valence-corrected chi connectivity index (χ1v) is 9.88. The van der Waals surface area contributed by atoms with Crippen molar-refractivity contribution in [2.45, 2.75) is 24.8 Å². The van der Waals surface area contributed by atoms with E-state index in [2.05, 4.69) is 5.32 Å². The van der Waals surface area contributed by atoms with Gasteiger partial charge in [0.15, 0.2) is 0 Å². The molecule has 0 bridgehead atoms. The van der Waals surface area contributed by atoms with Gasteiger partial charge in [-0.3, -0.25) is 4.79 Å². The van der Waals surface area contributed by atoms with Crippen molar-refractivity contribution < 1.29 is 19.1 Å². The second-order valence-electron chi connectivity index (χ2n) is 5.95. The lowest BCUT2D eigenvalue weighted by Crippen LogP contribution is -2.31. The molecule has 0 spiro atoms. The third kappa shape index (κ3) is 7.53. The van der Waals surface area contributed by atoms with Gasteiger partial charge in [0.2, 0.25) is 5.91 Å². The molecule has 0 saturated carbocycles. The Hall–Kier alpha value is -2.18. The Morgan fingerprint density at radius 2 is 1.78 bits per heavy atom. The highest BCUT2D eigenvalue weighted by Gasteiger charge is 2.14. The molecule has 0 aliphatic heterocycles. The minimum absolute atomic E-state index is 0.0745. The zero-order chi connectivity index (χ0) is 19.6. The van der Waals surface area contributed by atoms with Crippen LogP contribution in [0.25, 0.3) is 0 Å². The van der Waals surface area contributed by atoms with E-state index in [4.69, 9.17) is 21.1 Å². The summed E-state index contributed by atoms with van der Waals surface area (Å²) >= 11 is 7.12. The average molecular weight is 408 g/mol. The van der Waals surface area contributed by atoms with Crippen LogP contribution in [0.3, 0.4) is 0 Å². The number of amides is 1. The molecular formula is C20H22ClNO4S. The standard InChI is InChI=1S/C20H22ClNO4S/c1-14(2)22-19(23)13-27-18-6-4-3-5-17(18)20(24)26-12-11-25-16-9-7-15(21)8-10-16/h3-10,14H,11-13H2,1-2H3,(H,22,23). The first kappa shape index (κ1) is 21.1. The summed E-state index contributed by atoms with van der Waals surface area (Å²) < 4.78 is 10.8. The molecule has 7 heteroatoms. The predicted molar refractivity (Wildman–Crippen MR) is 108 cm³/mol. The van der Waals surface area contributed by atoms with Crippen molar-refractivity contribution in [2.24, 2.45) is 0 Å². The van der Waals surface area contributed by atoms with Gasteiger partial charge in [-0.1, -0.05) is 23.7 Å². The highest BCUT2D eigenvalue weighted by Crippen LogP contribution is 2.23. The molecule has 2 rings (SSSR count). The number of ether oxygens (including phenoxy) is 2. The number of nitrogens with one attached hydrogen (secondary N) is 1. The number of esters is 1. The van der Waals surface area contributed by atoms with E-state index in [1.165, 1.54) is 11.8 Å². The van der Waals surface area contributed by atoms with E-state index in [0.717, 1.165) is 0 Å². The SMILES string of the molecule is CC(C)NC(=O)CSc1ccccc1C(=O)OCCOc1ccc(Cl)cc1. The smallest absolute Gasteiger partial charge is 0.339 e. The van der Waals surface area contributed by atoms with Crippen molar-refractivity contribution in [3.05, 3.63) is 59.1 Å². The molecular weight excluding hydrogens is 386 g/mol. The molecule has 0 unspecified atom stereocenters. The van der Waals surface area contributed by atoms with Gasteiger partial charge in [-0.05, 0) is 50.2 Å². The fourth-order valence-corrected chi connectivity index (χ4v) is 3.15. The normalized spacial score (nSPS) is 10.5. The molecule has 0 aliphatic rings. The van der Waals surface area contributed by atoms with Crippen LogP contribution in [0.1, 0.15) is 24.2 Å². The van der Waals surface area contributed by atoms with E-state index in [9.17, 15) is 9.59 Å². The van der Waals surface area contributed by atoms with Crippen molar-refractivity contribution in [2.75, 3.05) is 19.0 Å². The van der Waals surface area contributed by atoms with Crippen LogP contribution in [0.15, 0.2) is 53.4 Å².